The number of hydrogen-bond acceptors (Lipinski definition) is 4. The zero-order chi connectivity index (χ0) is 23.7. The molecule has 3 aliphatic rings. The van der Waals surface area contributed by atoms with Crippen LogP contribution in [0.5, 0.6) is 0 Å². The van der Waals surface area contributed by atoms with Crippen LogP contribution in [0.4, 0.5) is 0 Å². The first-order chi connectivity index (χ1) is 15.0. The minimum Gasteiger partial charge on any atom is -0.448 e. The van der Waals surface area contributed by atoms with Crippen molar-refractivity contribution < 1.29 is 19.1 Å². The van der Waals surface area contributed by atoms with E-state index in [1.165, 1.54) is 12.2 Å². The van der Waals surface area contributed by atoms with E-state index in [0.717, 1.165) is 19.3 Å². The zero-order valence-corrected chi connectivity index (χ0v) is 20.6. The maximum absolute atomic E-state index is 12.8. The molecule has 0 aromatic rings. The van der Waals surface area contributed by atoms with E-state index in [1.807, 2.05) is 6.08 Å². The Balaban J connectivity index is 1.78. The molecule has 0 aromatic carbocycles. The Morgan fingerprint density at radius 2 is 1.81 bits per heavy atom. The quantitative estimate of drug-likeness (QED) is 0.288. The molecule has 3 aliphatic carbocycles. The van der Waals surface area contributed by atoms with Gasteiger partial charge < -0.3 is 4.74 Å². The summed E-state index contributed by atoms with van der Waals surface area (Å²) in [5.74, 6) is 1.46. The molecule has 0 aromatic heterocycles. The van der Waals surface area contributed by atoms with Crippen molar-refractivity contribution in [2.75, 3.05) is 0 Å². The fourth-order valence-electron chi connectivity index (χ4n) is 5.94. The number of carbonyl (C=O) groups excluding carboxylic acids is 3. The van der Waals surface area contributed by atoms with E-state index in [1.54, 1.807) is 6.92 Å². The Bertz CT molecular complexity index is 847. The summed E-state index contributed by atoms with van der Waals surface area (Å²) in [6.07, 6.45) is 13.9. The number of ether oxygens (including phenoxy) is 1. The predicted octanol–water partition coefficient (Wildman–Crippen LogP) is 6.01. The van der Waals surface area contributed by atoms with Crippen LogP contribution in [0.3, 0.4) is 0 Å². The normalized spacial score (nSPS) is 36.0. The highest BCUT2D eigenvalue weighted by molar-refractivity contribution is 6.03. The molecule has 6 atom stereocenters. The van der Waals surface area contributed by atoms with E-state index in [4.69, 9.17) is 4.74 Å². The summed E-state index contributed by atoms with van der Waals surface area (Å²) in [5, 5.41) is 0. The fraction of sp³-hybridized carbons (Fsp3) is 0.679. The third-order valence-corrected chi connectivity index (χ3v) is 8.58. The summed E-state index contributed by atoms with van der Waals surface area (Å²) in [4.78, 5) is 37.9. The number of rotatable bonds is 6. The number of allylic oxidation sites excluding steroid dienone is 4. The highest BCUT2D eigenvalue weighted by Crippen LogP contribution is 2.58. The van der Waals surface area contributed by atoms with Crippen molar-refractivity contribution in [3.05, 3.63) is 36.0 Å². The predicted molar refractivity (Wildman–Crippen MR) is 127 cm³/mol. The number of esters is 1. The van der Waals surface area contributed by atoms with Gasteiger partial charge in [0.1, 0.15) is 0 Å². The third kappa shape index (κ3) is 4.84. The molecule has 0 bridgehead atoms. The maximum atomic E-state index is 12.8. The van der Waals surface area contributed by atoms with Crippen molar-refractivity contribution in [1.29, 1.82) is 0 Å². The minimum atomic E-state index is -1.13. The first-order valence-electron chi connectivity index (χ1n) is 12.3. The van der Waals surface area contributed by atoms with Crippen molar-refractivity contribution in [2.45, 2.75) is 85.7 Å². The molecule has 0 radical (unpaired) electrons. The van der Waals surface area contributed by atoms with Gasteiger partial charge in [0.25, 0.3) is 0 Å². The molecule has 2 fully saturated rings. The summed E-state index contributed by atoms with van der Waals surface area (Å²) in [6, 6.07) is 0. The van der Waals surface area contributed by atoms with Gasteiger partial charge in [0.05, 0.1) is 0 Å². The van der Waals surface area contributed by atoms with Crippen LogP contribution in [0, 0.1) is 35.0 Å². The SMILES string of the molecule is CC(C)C(C)/C=C/C(C)[C@H]1CC[C@H]2/C(=C/C(=O)O[C@]3(C)CCC=CC3=O)C(=O)CC[C@]12C. The highest BCUT2D eigenvalue weighted by atomic mass is 16.6. The van der Waals surface area contributed by atoms with Crippen LogP contribution in [0.1, 0.15) is 80.1 Å². The van der Waals surface area contributed by atoms with Gasteiger partial charge in [-0.2, -0.15) is 0 Å². The van der Waals surface area contributed by atoms with Crippen LogP contribution in [0.15, 0.2) is 36.0 Å². The summed E-state index contributed by atoms with van der Waals surface area (Å²) >= 11 is 0. The van der Waals surface area contributed by atoms with Gasteiger partial charge in [0.15, 0.2) is 17.2 Å². The van der Waals surface area contributed by atoms with Crippen molar-refractivity contribution in [2.24, 2.45) is 35.0 Å². The molecule has 0 amide bonds. The van der Waals surface area contributed by atoms with E-state index in [2.05, 4.69) is 46.8 Å². The largest absolute Gasteiger partial charge is 0.448 e. The van der Waals surface area contributed by atoms with Crippen molar-refractivity contribution in [3.63, 3.8) is 0 Å². The lowest BCUT2D eigenvalue weighted by atomic mass is 9.61. The Hall–Kier alpha value is -1.97. The minimum absolute atomic E-state index is 0.00184. The Labute approximate surface area is 193 Å². The molecule has 0 saturated heterocycles. The number of hydrogen-bond donors (Lipinski definition) is 0. The molecule has 2 saturated carbocycles. The van der Waals surface area contributed by atoms with Gasteiger partial charge in [0, 0.05) is 18.1 Å². The second-order valence-corrected chi connectivity index (χ2v) is 11.1. The molecule has 0 N–H and O–H groups in total. The molecule has 176 valence electrons. The van der Waals surface area contributed by atoms with Crippen LogP contribution >= 0.6 is 0 Å². The summed E-state index contributed by atoms with van der Waals surface area (Å²) in [7, 11) is 0. The summed E-state index contributed by atoms with van der Waals surface area (Å²) in [6.45, 7) is 13.0. The number of Topliss-reactive ketones (excluding diaryl/α,β-unsaturated/α-hetero) is 1. The van der Waals surface area contributed by atoms with Gasteiger partial charge in [-0.05, 0) is 80.1 Å². The average molecular weight is 441 g/mol. The molecule has 4 nitrogen and oxygen atoms in total. The number of ketones is 2. The first-order valence-corrected chi connectivity index (χ1v) is 12.3. The smallest absolute Gasteiger partial charge is 0.332 e. The fourth-order valence-corrected chi connectivity index (χ4v) is 5.94. The van der Waals surface area contributed by atoms with Crippen LogP contribution in [-0.4, -0.2) is 23.1 Å². The van der Waals surface area contributed by atoms with Crippen LogP contribution in [-0.2, 0) is 19.1 Å². The maximum Gasteiger partial charge on any atom is 0.332 e. The molecule has 4 heteroatoms. The molecule has 3 rings (SSSR count). The van der Waals surface area contributed by atoms with Gasteiger partial charge in [-0.25, -0.2) is 4.79 Å². The Morgan fingerprint density at radius 3 is 2.47 bits per heavy atom. The third-order valence-electron chi connectivity index (χ3n) is 8.58. The average Bonchev–Trinajstić information content (AvgIpc) is 3.08. The molecule has 0 aliphatic heterocycles. The van der Waals surface area contributed by atoms with Crippen molar-refractivity contribution >= 4 is 17.5 Å². The van der Waals surface area contributed by atoms with E-state index in [-0.39, 0.29) is 22.9 Å². The molecule has 0 heterocycles. The van der Waals surface area contributed by atoms with E-state index >= 15 is 0 Å². The molecule has 2 unspecified atom stereocenters. The monoisotopic (exact) mass is 440 g/mol. The van der Waals surface area contributed by atoms with Gasteiger partial charge in [-0.3, -0.25) is 9.59 Å². The summed E-state index contributed by atoms with van der Waals surface area (Å²) < 4.78 is 5.61. The van der Waals surface area contributed by atoms with Gasteiger partial charge >= 0.3 is 5.97 Å². The van der Waals surface area contributed by atoms with E-state index in [0.29, 0.717) is 48.5 Å². The number of carbonyl (C=O) groups is 3. The zero-order valence-electron chi connectivity index (χ0n) is 20.6. The van der Waals surface area contributed by atoms with Gasteiger partial charge in [0.2, 0.25) is 0 Å². The Morgan fingerprint density at radius 1 is 1.09 bits per heavy atom. The lowest BCUT2D eigenvalue weighted by molar-refractivity contribution is -0.160. The van der Waals surface area contributed by atoms with Crippen LogP contribution < -0.4 is 0 Å². The van der Waals surface area contributed by atoms with Crippen LogP contribution in [0.25, 0.3) is 0 Å². The lowest BCUT2D eigenvalue weighted by Gasteiger charge is -2.43. The highest BCUT2D eigenvalue weighted by Gasteiger charge is 2.52. The lowest BCUT2D eigenvalue weighted by Crippen LogP contribution is -2.41. The second kappa shape index (κ2) is 9.49. The Kier molecular flexibility index (Phi) is 7.31. The van der Waals surface area contributed by atoms with Crippen LogP contribution in [0.2, 0.25) is 0 Å². The molecular formula is C28H40O4. The van der Waals surface area contributed by atoms with Crippen molar-refractivity contribution in [1.82, 2.24) is 0 Å². The summed E-state index contributed by atoms with van der Waals surface area (Å²) in [5.41, 5.74) is -0.521. The first kappa shape index (κ1) is 24.7. The second-order valence-electron chi connectivity index (χ2n) is 11.1. The topological polar surface area (TPSA) is 60.4 Å². The molecule has 0 spiro atoms. The number of fused-ring (bicyclic) bond motifs is 1. The molecular weight excluding hydrogens is 400 g/mol. The standard InChI is InChI=1S/C28H40O4/c1-18(2)19(3)10-11-20(4)22-12-13-23-21(24(29)14-16-27(22,23)5)17-26(31)32-28(6)15-8-7-9-25(28)30/h7,9-11,17-20,22-23H,8,12-16H2,1-6H3/b11-10+,21-17-/t19?,20?,22-,23+,27-,28-/m1/s1. The van der Waals surface area contributed by atoms with E-state index in [9.17, 15) is 14.4 Å². The van der Waals surface area contributed by atoms with E-state index < -0.39 is 11.6 Å². The molecule has 32 heavy (non-hydrogen) atoms. The van der Waals surface area contributed by atoms with Crippen molar-refractivity contribution in [3.8, 4) is 0 Å². The van der Waals surface area contributed by atoms with Gasteiger partial charge in [-0.1, -0.05) is 52.8 Å². The van der Waals surface area contributed by atoms with Gasteiger partial charge in [-0.15, -0.1) is 0 Å².